The summed E-state index contributed by atoms with van der Waals surface area (Å²) in [5.74, 6) is -1.28. The van der Waals surface area contributed by atoms with E-state index in [1.807, 2.05) is 0 Å². The molecule has 0 fully saturated rings. The Labute approximate surface area is 98.8 Å². The van der Waals surface area contributed by atoms with E-state index in [0.29, 0.717) is 0 Å². The van der Waals surface area contributed by atoms with Crippen molar-refractivity contribution in [2.24, 2.45) is 0 Å². The first-order chi connectivity index (χ1) is 7.29. The van der Waals surface area contributed by atoms with Crippen molar-refractivity contribution in [1.82, 2.24) is 0 Å². The molecule has 0 aromatic heterocycles. The molecular weight excluding hydrogens is 252 g/mol. The van der Waals surface area contributed by atoms with Gasteiger partial charge in [0.25, 0.3) is 0 Å². The molecule has 0 radical (unpaired) electrons. The maximum atomic E-state index is 11.7. The Morgan fingerprint density at radius 1 is 1.44 bits per heavy atom. The summed E-state index contributed by atoms with van der Waals surface area (Å²) in [5, 5.41) is 9.01. The molecule has 4 nitrogen and oxygen atoms in total. The molecule has 1 rings (SSSR count). The molecule has 0 aliphatic carbocycles. The van der Waals surface area contributed by atoms with Crippen molar-refractivity contribution in [2.45, 2.75) is 18.7 Å². The molecule has 1 aromatic carbocycles. The number of sulfone groups is 1. The number of carboxylic acids is 1. The molecule has 6 heteroatoms. The van der Waals surface area contributed by atoms with Gasteiger partial charge in [-0.15, -0.1) is 0 Å². The van der Waals surface area contributed by atoms with Gasteiger partial charge in [0.1, 0.15) is 0 Å². The van der Waals surface area contributed by atoms with Crippen LogP contribution in [0, 0.1) is 6.92 Å². The van der Waals surface area contributed by atoms with Crippen LogP contribution in [0.3, 0.4) is 0 Å². The van der Waals surface area contributed by atoms with Gasteiger partial charge in [0.05, 0.1) is 16.2 Å². The molecule has 0 heterocycles. The summed E-state index contributed by atoms with van der Waals surface area (Å²) in [6.45, 7) is 2.96. The van der Waals surface area contributed by atoms with Crippen LogP contribution in [-0.4, -0.2) is 25.2 Å². The van der Waals surface area contributed by atoms with E-state index in [1.54, 1.807) is 0 Å². The van der Waals surface area contributed by atoms with Crippen molar-refractivity contribution in [1.29, 1.82) is 0 Å². The molecular formula is C10H11ClO4S. The van der Waals surface area contributed by atoms with Gasteiger partial charge in [0, 0.05) is 5.02 Å². The van der Waals surface area contributed by atoms with Gasteiger partial charge in [-0.3, -0.25) is 0 Å². The van der Waals surface area contributed by atoms with Gasteiger partial charge in [-0.05, 0) is 24.6 Å². The lowest BCUT2D eigenvalue weighted by Crippen LogP contribution is -2.10. The standard InChI is InChI=1S/C10H11ClO4S/c1-3-16(14,15)9-5-7(11)4-8(6(9)2)10(12)13/h4-5H,3H2,1-2H3,(H,12,13). The second-order valence-corrected chi connectivity index (χ2v) is 5.97. The monoisotopic (exact) mass is 262 g/mol. The number of carboxylic acid groups (broad SMARTS) is 1. The lowest BCUT2D eigenvalue weighted by Gasteiger charge is -2.09. The molecule has 0 saturated carbocycles. The highest BCUT2D eigenvalue weighted by Crippen LogP contribution is 2.25. The predicted molar refractivity (Wildman–Crippen MR) is 60.9 cm³/mol. The van der Waals surface area contributed by atoms with Gasteiger partial charge in [-0.2, -0.15) is 0 Å². The van der Waals surface area contributed by atoms with Crippen LogP contribution in [0.15, 0.2) is 17.0 Å². The van der Waals surface area contributed by atoms with Crippen LogP contribution < -0.4 is 0 Å². The highest BCUT2D eigenvalue weighted by molar-refractivity contribution is 7.91. The lowest BCUT2D eigenvalue weighted by molar-refractivity contribution is 0.0696. The number of benzene rings is 1. The molecule has 0 unspecified atom stereocenters. The quantitative estimate of drug-likeness (QED) is 0.906. The van der Waals surface area contributed by atoms with Crippen LogP contribution in [-0.2, 0) is 9.84 Å². The number of hydrogen-bond donors (Lipinski definition) is 1. The van der Waals surface area contributed by atoms with Crippen molar-refractivity contribution < 1.29 is 18.3 Å². The van der Waals surface area contributed by atoms with Crippen molar-refractivity contribution in [3.05, 3.63) is 28.3 Å². The second-order valence-electron chi connectivity index (χ2n) is 3.29. The molecule has 16 heavy (non-hydrogen) atoms. The first-order valence-corrected chi connectivity index (χ1v) is 6.58. The summed E-state index contributed by atoms with van der Waals surface area (Å²) >= 11 is 5.70. The minimum Gasteiger partial charge on any atom is -0.478 e. The fourth-order valence-electron chi connectivity index (χ4n) is 1.35. The number of rotatable bonds is 3. The Bertz CT molecular complexity index is 534. The summed E-state index contributed by atoms with van der Waals surface area (Å²) in [7, 11) is -3.46. The van der Waals surface area contributed by atoms with E-state index < -0.39 is 15.8 Å². The third-order valence-electron chi connectivity index (χ3n) is 2.27. The SMILES string of the molecule is CCS(=O)(=O)c1cc(Cl)cc(C(=O)O)c1C. The summed E-state index contributed by atoms with van der Waals surface area (Å²) in [4.78, 5) is 10.9. The van der Waals surface area contributed by atoms with Crippen LogP contribution in [0.1, 0.15) is 22.8 Å². The first kappa shape index (κ1) is 13.0. The molecule has 0 spiro atoms. The molecule has 0 atom stereocenters. The van der Waals surface area contributed by atoms with E-state index in [4.69, 9.17) is 16.7 Å². The van der Waals surface area contributed by atoms with Crippen LogP contribution >= 0.6 is 11.6 Å². The maximum absolute atomic E-state index is 11.7. The van der Waals surface area contributed by atoms with E-state index in [9.17, 15) is 13.2 Å². The van der Waals surface area contributed by atoms with Crippen LogP contribution in [0.2, 0.25) is 5.02 Å². The molecule has 1 N–H and O–H groups in total. The van der Waals surface area contributed by atoms with E-state index in [0.717, 1.165) is 0 Å². The summed E-state index contributed by atoms with van der Waals surface area (Å²) < 4.78 is 23.4. The molecule has 0 aliphatic rings. The maximum Gasteiger partial charge on any atom is 0.336 e. The Morgan fingerprint density at radius 3 is 2.44 bits per heavy atom. The minimum atomic E-state index is -3.46. The molecule has 0 bridgehead atoms. The fraction of sp³-hybridized carbons (Fsp3) is 0.300. The smallest absolute Gasteiger partial charge is 0.336 e. The van der Waals surface area contributed by atoms with E-state index in [1.165, 1.54) is 26.0 Å². The van der Waals surface area contributed by atoms with E-state index in [-0.39, 0.29) is 26.8 Å². The fourth-order valence-corrected chi connectivity index (χ4v) is 2.83. The topological polar surface area (TPSA) is 71.4 Å². The van der Waals surface area contributed by atoms with Gasteiger partial charge >= 0.3 is 5.97 Å². The number of hydrogen-bond acceptors (Lipinski definition) is 3. The molecule has 0 aliphatic heterocycles. The highest BCUT2D eigenvalue weighted by atomic mass is 35.5. The van der Waals surface area contributed by atoms with Crippen molar-refractivity contribution in [3.8, 4) is 0 Å². The lowest BCUT2D eigenvalue weighted by atomic mass is 10.1. The van der Waals surface area contributed by atoms with Gasteiger partial charge in [0.2, 0.25) is 0 Å². The Balaban J connectivity index is 3.60. The average Bonchev–Trinajstić information content (AvgIpc) is 2.20. The highest BCUT2D eigenvalue weighted by Gasteiger charge is 2.20. The van der Waals surface area contributed by atoms with E-state index in [2.05, 4.69) is 0 Å². The zero-order valence-corrected chi connectivity index (χ0v) is 10.4. The Morgan fingerprint density at radius 2 is 2.00 bits per heavy atom. The molecule has 0 saturated heterocycles. The number of carbonyl (C=O) groups is 1. The first-order valence-electron chi connectivity index (χ1n) is 4.55. The molecule has 88 valence electrons. The van der Waals surface area contributed by atoms with Crippen molar-refractivity contribution in [3.63, 3.8) is 0 Å². The summed E-state index contributed by atoms with van der Waals surface area (Å²) in [6.07, 6.45) is 0. The van der Waals surface area contributed by atoms with Gasteiger partial charge in [0.15, 0.2) is 9.84 Å². The predicted octanol–water partition coefficient (Wildman–Crippen LogP) is 2.14. The van der Waals surface area contributed by atoms with Gasteiger partial charge in [-0.1, -0.05) is 18.5 Å². The third-order valence-corrected chi connectivity index (χ3v) is 4.34. The third kappa shape index (κ3) is 2.36. The average molecular weight is 263 g/mol. The number of halogens is 1. The van der Waals surface area contributed by atoms with Crippen molar-refractivity contribution >= 4 is 27.4 Å². The zero-order chi connectivity index (χ0) is 12.5. The van der Waals surface area contributed by atoms with E-state index >= 15 is 0 Å². The van der Waals surface area contributed by atoms with Gasteiger partial charge in [-0.25, -0.2) is 13.2 Å². The molecule has 1 aromatic rings. The van der Waals surface area contributed by atoms with Gasteiger partial charge < -0.3 is 5.11 Å². The Hall–Kier alpha value is -1.07. The van der Waals surface area contributed by atoms with Crippen molar-refractivity contribution in [2.75, 3.05) is 5.75 Å². The largest absolute Gasteiger partial charge is 0.478 e. The second kappa shape index (κ2) is 4.43. The molecule has 0 amide bonds. The van der Waals surface area contributed by atoms with Crippen LogP contribution in [0.25, 0.3) is 0 Å². The Kier molecular flexibility index (Phi) is 3.60. The minimum absolute atomic E-state index is 0.0140. The van der Waals surface area contributed by atoms with Crippen LogP contribution in [0.5, 0.6) is 0 Å². The normalized spacial score (nSPS) is 11.4. The number of aromatic carboxylic acids is 1. The summed E-state index contributed by atoms with van der Waals surface area (Å²) in [5.41, 5.74) is 0.137. The zero-order valence-electron chi connectivity index (χ0n) is 8.82. The van der Waals surface area contributed by atoms with Crippen LogP contribution in [0.4, 0.5) is 0 Å². The summed E-state index contributed by atoms with van der Waals surface area (Å²) in [6, 6.07) is 2.52.